The van der Waals surface area contributed by atoms with Gasteiger partial charge in [0.15, 0.2) is 0 Å². The van der Waals surface area contributed by atoms with Crippen molar-refractivity contribution < 1.29 is 4.79 Å². The molecule has 1 amide bonds. The van der Waals surface area contributed by atoms with Crippen LogP contribution in [0.15, 0.2) is 0 Å². The van der Waals surface area contributed by atoms with Crippen molar-refractivity contribution in [2.75, 3.05) is 13.6 Å². The molecule has 96 valence electrons. The zero-order valence-corrected chi connectivity index (χ0v) is 11.3. The number of nitrogens with two attached hydrogens (primary N) is 1. The van der Waals surface area contributed by atoms with E-state index in [0.717, 1.165) is 5.92 Å². The highest BCUT2D eigenvalue weighted by Crippen LogP contribution is 2.29. The third kappa shape index (κ3) is 4.30. The monoisotopic (exact) mass is 248 g/mol. The van der Waals surface area contributed by atoms with Crippen molar-refractivity contribution in [1.82, 2.24) is 4.90 Å². The summed E-state index contributed by atoms with van der Waals surface area (Å²) in [7, 11) is 1.93. The maximum Gasteiger partial charge on any atom is 0.223 e. The number of carbonyl (C=O) groups is 1. The van der Waals surface area contributed by atoms with E-state index in [-0.39, 0.29) is 18.3 Å². The number of carbonyl (C=O) groups excluding carboxylic acids is 1. The first kappa shape index (κ1) is 15.7. The topological polar surface area (TPSA) is 46.3 Å². The van der Waals surface area contributed by atoms with E-state index in [4.69, 9.17) is 5.73 Å². The van der Waals surface area contributed by atoms with Crippen LogP contribution >= 0.6 is 12.4 Å². The molecule has 0 aromatic rings. The van der Waals surface area contributed by atoms with Crippen LogP contribution in [0.1, 0.15) is 45.4 Å². The van der Waals surface area contributed by atoms with Crippen LogP contribution in [0.5, 0.6) is 0 Å². The van der Waals surface area contributed by atoms with Gasteiger partial charge in [-0.15, -0.1) is 12.4 Å². The van der Waals surface area contributed by atoms with Crippen LogP contribution in [0.2, 0.25) is 0 Å². The van der Waals surface area contributed by atoms with Gasteiger partial charge in [0.05, 0.1) is 0 Å². The Hall–Kier alpha value is -0.280. The number of hydrogen-bond donors (Lipinski definition) is 1. The molecule has 16 heavy (non-hydrogen) atoms. The predicted octanol–water partition coefficient (Wildman–Crippen LogP) is 2.18. The number of halogens is 1. The number of rotatable bonds is 4. The molecular formula is C12H25ClN2O. The summed E-state index contributed by atoms with van der Waals surface area (Å²) < 4.78 is 0. The van der Waals surface area contributed by atoms with Gasteiger partial charge in [0.2, 0.25) is 5.91 Å². The fraction of sp³-hybridized carbons (Fsp3) is 0.917. The molecule has 3 nitrogen and oxygen atoms in total. The Labute approximate surface area is 105 Å². The highest BCUT2D eigenvalue weighted by molar-refractivity contribution is 5.85. The van der Waals surface area contributed by atoms with Gasteiger partial charge >= 0.3 is 0 Å². The molecule has 0 radical (unpaired) electrons. The average molecular weight is 249 g/mol. The summed E-state index contributed by atoms with van der Waals surface area (Å²) in [5, 5.41) is 0. The molecule has 0 aromatic carbocycles. The quantitative estimate of drug-likeness (QED) is 0.829. The van der Waals surface area contributed by atoms with Gasteiger partial charge in [-0.05, 0) is 31.6 Å². The van der Waals surface area contributed by atoms with Crippen molar-refractivity contribution in [1.29, 1.82) is 0 Å². The zero-order valence-electron chi connectivity index (χ0n) is 10.4. The van der Waals surface area contributed by atoms with Crippen molar-refractivity contribution in [3.63, 3.8) is 0 Å². The van der Waals surface area contributed by atoms with E-state index in [9.17, 15) is 4.79 Å². The summed E-state index contributed by atoms with van der Waals surface area (Å²) in [5.41, 5.74) is 5.39. The number of nitrogens with zero attached hydrogens (tertiary/aromatic N) is 1. The Kier molecular flexibility index (Phi) is 7.77. The second-order valence-corrected chi connectivity index (χ2v) is 4.63. The van der Waals surface area contributed by atoms with Gasteiger partial charge in [-0.2, -0.15) is 0 Å². The molecule has 1 aliphatic carbocycles. The third-order valence-corrected chi connectivity index (χ3v) is 3.69. The third-order valence-electron chi connectivity index (χ3n) is 3.69. The Morgan fingerprint density at radius 3 is 2.31 bits per heavy atom. The van der Waals surface area contributed by atoms with Gasteiger partial charge in [-0.3, -0.25) is 4.79 Å². The van der Waals surface area contributed by atoms with Gasteiger partial charge < -0.3 is 10.6 Å². The van der Waals surface area contributed by atoms with E-state index in [1.165, 1.54) is 32.1 Å². The standard InChI is InChI=1S/C12H24N2O.ClH/c1-3-10-4-6-11(7-5-10)14(2)12(15)8-9-13;/h10-11H,3-9,13H2,1-2H3;1H. The molecule has 1 saturated carbocycles. The lowest BCUT2D eigenvalue weighted by molar-refractivity contribution is -0.132. The normalized spacial score (nSPS) is 24.7. The van der Waals surface area contributed by atoms with E-state index in [1.54, 1.807) is 0 Å². The van der Waals surface area contributed by atoms with E-state index in [2.05, 4.69) is 6.92 Å². The SMILES string of the molecule is CCC1CCC(N(C)C(=O)CCN)CC1.Cl. The fourth-order valence-corrected chi connectivity index (χ4v) is 2.44. The maximum absolute atomic E-state index is 11.6. The number of hydrogen-bond acceptors (Lipinski definition) is 2. The first-order valence-electron chi connectivity index (χ1n) is 6.14. The second-order valence-electron chi connectivity index (χ2n) is 4.63. The zero-order chi connectivity index (χ0) is 11.3. The van der Waals surface area contributed by atoms with Crippen molar-refractivity contribution in [2.24, 2.45) is 11.7 Å². The molecule has 0 aliphatic heterocycles. The minimum Gasteiger partial charge on any atom is -0.343 e. The summed E-state index contributed by atoms with van der Waals surface area (Å²) in [4.78, 5) is 13.6. The van der Waals surface area contributed by atoms with Gasteiger partial charge in [0.1, 0.15) is 0 Å². The Morgan fingerprint density at radius 1 is 1.31 bits per heavy atom. The van der Waals surface area contributed by atoms with Crippen LogP contribution in [0.3, 0.4) is 0 Å². The van der Waals surface area contributed by atoms with Gasteiger partial charge in [0, 0.05) is 26.1 Å². The fourth-order valence-electron chi connectivity index (χ4n) is 2.44. The maximum atomic E-state index is 11.6. The molecular weight excluding hydrogens is 224 g/mol. The molecule has 2 N–H and O–H groups in total. The Morgan fingerprint density at radius 2 is 1.88 bits per heavy atom. The molecule has 0 saturated heterocycles. The molecule has 1 rings (SSSR count). The van der Waals surface area contributed by atoms with Crippen LogP contribution in [-0.4, -0.2) is 30.4 Å². The second kappa shape index (κ2) is 7.91. The molecule has 0 unspecified atom stereocenters. The summed E-state index contributed by atoms with van der Waals surface area (Å²) in [6.07, 6.45) is 6.68. The minimum absolute atomic E-state index is 0. The highest BCUT2D eigenvalue weighted by atomic mass is 35.5. The largest absolute Gasteiger partial charge is 0.343 e. The lowest BCUT2D eigenvalue weighted by Crippen LogP contribution is -2.40. The van der Waals surface area contributed by atoms with Crippen LogP contribution in [0.4, 0.5) is 0 Å². The van der Waals surface area contributed by atoms with Crippen LogP contribution < -0.4 is 5.73 Å². The molecule has 0 heterocycles. The molecule has 0 atom stereocenters. The Balaban J connectivity index is 0.00000225. The van der Waals surface area contributed by atoms with Crippen LogP contribution in [0.25, 0.3) is 0 Å². The first-order chi connectivity index (χ1) is 7.19. The summed E-state index contributed by atoms with van der Waals surface area (Å²) in [6.45, 7) is 2.72. The molecule has 1 fully saturated rings. The van der Waals surface area contributed by atoms with Crippen LogP contribution in [0, 0.1) is 5.92 Å². The summed E-state index contributed by atoms with van der Waals surface area (Å²) in [5.74, 6) is 1.09. The van der Waals surface area contributed by atoms with Crippen molar-refractivity contribution in [3.05, 3.63) is 0 Å². The molecule has 1 aliphatic rings. The van der Waals surface area contributed by atoms with E-state index < -0.39 is 0 Å². The smallest absolute Gasteiger partial charge is 0.223 e. The molecule has 4 heteroatoms. The average Bonchev–Trinajstić information content (AvgIpc) is 2.28. The Bertz CT molecular complexity index is 203. The van der Waals surface area contributed by atoms with E-state index >= 15 is 0 Å². The van der Waals surface area contributed by atoms with Crippen molar-refractivity contribution >= 4 is 18.3 Å². The molecule has 0 spiro atoms. The minimum atomic E-state index is 0. The van der Waals surface area contributed by atoms with Crippen molar-refractivity contribution in [2.45, 2.75) is 51.5 Å². The number of amides is 1. The molecule has 0 aromatic heterocycles. The lowest BCUT2D eigenvalue weighted by atomic mass is 9.84. The van der Waals surface area contributed by atoms with E-state index in [1.807, 2.05) is 11.9 Å². The van der Waals surface area contributed by atoms with Crippen molar-refractivity contribution in [3.8, 4) is 0 Å². The molecule has 0 bridgehead atoms. The van der Waals surface area contributed by atoms with Gasteiger partial charge in [-0.1, -0.05) is 13.3 Å². The van der Waals surface area contributed by atoms with Gasteiger partial charge in [0.25, 0.3) is 0 Å². The first-order valence-corrected chi connectivity index (χ1v) is 6.14. The van der Waals surface area contributed by atoms with E-state index in [0.29, 0.717) is 19.0 Å². The highest BCUT2D eigenvalue weighted by Gasteiger charge is 2.25. The van der Waals surface area contributed by atoms with Gasteiger partial charge in [-0.25, -0.2) is 0 Å². The summed E-state index contributed by atoms with van der Waals surface area (Å²) >= 11 is 0. The van der Waals surface area contributed by atoms with Crippen LogP contribution in [-0.2, 0) is 4.79 Å². The predicted molar refractivity (Wildman–Crippen MR) is 69.7 cm³/mol. The lowest BCUT2D eigenvalue weighted by Gasteiger charge is -2.34. The summed E-state index contributed by atoms with van der Waals surface area (Å²) in [6, 6.07) is 0.465.